The van der Waals surface area contributed by atoms with Gasteiger partial charge in [-0.1, -0.05) is 76.9 Å². The van der Waals surface area contributed by atoms with E-state index in [1.54, 1.807) is 33.0 Å². The van der Waals surface area contributed by atoms with Gasteiger partial charge >= 0.3 is 140 Å². The molecular weight excluding hydrogens is 656 g/mol. The van der Waals surface area contributed by atoms with Crippen molar-refractivity contribution in [2.45, 2.75) is 124 Å². The molecule has 0 atom stereocenters. The van der Waals surface area contributed by atoms with Crippen LogP contribution >= 0.6 is 0 Å². The number of hydrogen-bond acceptors (Lipinski definition) is 0. The summed E-state index contributed by atoms with van der Waals surface area (Å²) in [5.74, 6) is 2.12. The van der Waals surface area contributed by atoms with E-state index < -0.39 is 0 Å². The Kier molecular flexibility index (Phi) is 15.7. The van der Waals surface area contributed by atoms with E-state index in [4.69, 9.17) is 0 Å². The fourth-order valence-corrected chi connectivity index (χ4v) is 7.47. The van der Waals surface area contributed by atoms with Gasteiger partial charge in [0.1, 0.15) is 0 Å². The predicted octanol–water partition coefficient (Wildman–Crippen LogP) is 14.2. The molecule has 1 aliphatic carbocycles. The molecule has 5 aromatic rings. The minimum absolute atomic E-state index is 0. The third-order valence-electron chi connectivity index (χ3n) is 9.63. The molecule has 6 rings (SSSR count). The van der Waals surface area contributed by atoms with Crippen molar-refractivity contribution in [1.82, 2.24) is 0 Å². The first kappa shape index (κ1) is 41.8. The van der Waals surface area contributed by atoms with Crippen LogP contribution < -0.4 is 0 Å². The molecule has 0 amide bonds. The molecule has 1 aliphatic rings. The molecule has 0 radical (unpaired) electrons. The van der Waals surface area contributed by atoms with E-state index in [1.165, 1.54) is 75.9 Å². The summed E-state index contributed by atoms with van der Waals surface area (Å²) in [6.07, 6.45) is 7.16. The second kappa shape index (κ2) is 18.0. The van der Waals surface area contributed by atoms with E-state index in [-0.39, 0.29) is 25.7 Å². The molecule has 5 aromatic carbocycles. The molecule has 1 saturated carbocycles. The molecule has 0 heterocycles. The van der Waals surface area contributed by atoms with Crippen LogP contribution in [0.3, 0.4) is 0 Å². The minimum atomic E-state index is 0. The van der Waals surface area contributed by atoms with Crippen LogP contribution in [-0.2, 0) is 35.1 Å². The molecule has 0 saturated heterocycles. The predicted molar refractivity (Wildman–Crippen MR) is 215 cm³/mol. The maximum absolute atomic E-state index is 2.47. The van der Waals surface area contributed by atoms with Crippen molar-refractivity contribution in [3.8, 4) is 0 Å². The van der Waals surface area contributed by atoms with Crippen molar-refractivity contribution in [2.75, 3.05) is 0 Å². The maximum atomic E-state index is 2.47. The first-order valence-electron chi connectivity index (χ1n) is 17.7. The first-order valence-corrected chi connectivity index (χ1v) is 18.9. The Balaban J connectivity index is 0.000000281. The molecule has 0 nitrogen and oxygen atoms in total. The standard InChI is InChI=1S/C21H25.C19H28.C5H5.2CH3.Zr/c1-20(2,3)16-7-9-18-14(12-16)11-15-13-17(21(4,5)6)8-10-19(15)18;1-14(2)18-11-17(12-19(13-18)15(3)4)10-16-8-6-5-7-9-16;1-2-4-5-3-1;;;/h7-13H,1-6H3;11-16H,5-9H2,1-4H3;1-5H;2*1H3;/q-1;;3*-1;. The average Bonchev–Trinajstić information content (AvgIpc) is 3.72. The molecule has 48 heavy (non-hydrogen) atoms. The summed E-state index contributed by atoms with van der Waals surface area (Å²) >= 11 is 1.63. The molecule has 0 bridgehead atoms. The molecule has 0 aliphatic heterocycles. The van der Waals surface area contributed by atoms with Crippen molar-refractivity contribution in [1.29, 1.82) is 0 Å². The second-order valence-corrected chi connectivity index (χ2v) is 17.5. The molecule has 1 fully saturated rings. The number of fused-ring (bicyclic) bond motifs is 3. The van der Waals surface area contributed by atoms with Gasteiger partial charge < -0.3 is 14.9 Å². The fraction of sp³-hybridized carbons (Fsp3) is 0.426. The molecule has 260 valence electrons. The number of benzene rings is 3. The average molecular weight is 720 g/mol. The third kappa shape index (κ3) is 11.1. The summed E-state index contributed by atoms with van der Waals surface area (Å²) in [4.78, 5) is 0. The van der Waals surface area contributed by atoms with Gasteiger partial charge in [-0.05, 0) is 10.8 Å². The minimum Gasteiger partial charge on any atom is -0.358 e. The van der Waals surface area contributed by atoms with Gasteiger partial charge in [-0.2, -0.15) is 18.2 Å². The van der Waals surface area contributed by atoms with Gasteiger partial charge in [0.15, 0.2) is 0 Å². The van der Waals surface area contributed by atoms with Crippen LogP contribution in [0.25, 0.3) is 21.5 Å². The smallest absolute Gasteiger partial charge is 0.172 e. The van der Waals surface area contributed by atoms with Crippen molar-refractivity contribution in [3.05, 3.63) is 134 Å². The van der Waals surface area contributed by atoms with E-state index in [2.05, 4.69) is 130 Å². The van der Waals surface area contributed by atoms with Crippen LogP contribution in [0.2, 0.25) is 0 Å². The molecule has 0 N–H and O–H groups in total. The van der Waals surface area contributed by atoms with E-state index in [9.17, 15) is 0 Å². The van der Waals surface area contributed by atoms with Crippen LogP contribution in [0.4, 0.5) is 0 Å². The van der Waals surface area contributed by atoms with Gasteiger partial charge in [-0.25, -0.2) is 12.1 Å². The van der Waals surface area contributed by atoms with Gasteiger partial charge in [-0.15, -0.1) is 39.7 Å². The quantitative estimate of drug-likeness (QED) is 0.162. The molecular formula is C47H64Zr-4. The normalized spacial score (nSPS) is 13.6. The maximum Gasteiger partial charge on any atom is -0.172 e. The zero-order valence-corrected chi connectivity index (χ0v) is 34.9. The Morgan fingerprint density at radius 1 is 0.646 bits per heavy atom. The van der Waals surface area contributed by atoms with Crippen molar-refractivity contribution in [2.24, 2.45) is 5.92 Å². The summed E-state index contributed by atoms with van der Waals surface area (Å²) in [6.45, 7) is 22.9. The summed E-state index contributed by atoms with van der Waals surface area (Å²) < 4.78 is 1.72. The third-order valence-corrected chi connectivity index (χ3v) is 11.3. The summed E-state index contributed by atoms with van der Waals surface area (Å²) in [5.41, 5.74) is 7.79. The summed E-state index contributed by atoms with van der Waals surface area (Å²) in [7, 11) is 0. The first-order chi connectivity index (χ1) is 21.6. The Hall–Kier alpha value is -2.37. The van der Waals surface area contributed by atoms with Crippen LogP contribution in [0, 0.1) is 20.8 Å². The van der Waals surface area contributed by atoms with Gasteiger partial charge in [0, 0.05) is 0 Å². The summed E-state index contributed by atoms with van der Waals surface area (Å²) in [5, 5.41) is 5.48. The molecule has 1 heteroatoms. The fourth-order valence-electron chi connectivity index (χ4n) is 6.40. The Morgan fingerprint density at radius 3 is 1.44 bits per heavy atom. The van der Waals surface area contributed by atoms with Crippen molar-refractivity contribution in [3.63, 3.8) is 0 Å². The second-order valence-electron chi connectivity index (χ2n) is 16.2. The van der Waals surface area contributed by atoms with Gasteiger partial charge in [0.25, 0.3) is 0 Å². The van der Waals surface area contributed by atoms with Crippen LogP contribution in [0.1, 0.15) is 141 Å². The molecule has 0 unspecified atom stereocenters. The van der Waals surface area contributed by atoms with Gasteiger partial charge in [0.05, 0.1) is 0 Å². The van der Waals surface area contributed by atoms with Crippen LogP contribution in [-0.4, -0.2) is 3.21 Å². The molecule has 0 aromatic heterocycles. The van der Waals surface area contributed by atoms with Crippen molar-refractivity contribution < 1.29 is 24.2 Å². The SMILES string of the molecule is CC(C)(C)c1ccc2c(c1)[cH-]c1cc(C(C)(C)C)ccc12.CC(C)c1cc([C](=[Zr])C2CCCCC2)cc(C(C)C)c1.[CH3-].[CH3-].c1cc[cH-]c1. The van der Waals surface area contributed by atoms with E-state index >= 15 is 0 Å². The summed E-state index contributed by atoms with van der Waals surface area (Å²) in [6, 6.07) is 33.5. The zero-order chi connectivity index (χ0) is 33.6. The Morgan fingerprint density at radius 2 is 1.08 bits per heavy atom. The number of rotatable bonds is 4. The van der Waals surface area contributed by atoms with Gasteiger partial charge in [-0.3, -0.25) is 0 Å². The van der Waals surface area contributed by atoms with Crippen LogP contribution in [0.5, 0.6) is 0 Å². The largest absolute Gasteiger partial charge is 0.358 e. The van der Waals surface area contributed by atoms with Gasteiger partial charge in [0.2, 0.25) is 0 Å². The molecule has 0 spiro atoms. The van der Waals surface area contributed by atoms with E-state index in [0.717, 1.165) is 5.92 Å². The Labute approximate surface area is 310 Å². The van der Waals surface area contributed by atoms with Crippen LogP contribution in [0.15, 0.2) is 91.0 Å². The topological polar surface area (TPSA) is 0 Å². The number of hydrogen-bond donors (Lipinski definition) is 0. The van der Waals surface area contributed by atoms with Crippen molar-refractivity contribution >= 4 is 24.8 Å². The van der Waals surface area contributed by atoms with E-state index in [1.807, 2.05) is 30.3 Å². The monoisotopic (exact) mass is 718 g/mol. The Bertz CT molecular complexity index is 1570. The zero-order valence-electron chi connectivity index (χ0n) is 32.4. The van der Waals surface area contributed by atoms with E-state index in [0.29, 0.717) is 11.8 Å².